The van der Waals surface area contributed by atoms with Crippen molar-refractivity contribution in [3.8, 4) is 5.75 Å². The minimum Gasteiger partial charge on any atom is -0.491 e. The van der Waals surface area contributed by atoms with E-state index in [1.807, 2.05) is 6.07 Å². The lowest BCUT2D eigenvalue weighted by molar-refractivity contribution is -0.119. The summed E-state index contributed by atoms with van der Waals surface area (Å²) in [5.74, 6) is 0.191. The molecule has 6 nitrogen and oxygen atoms in total. The molecule has 23 heavy (non-hydrogen) atoms. The van der Waals surface area contributed by atoms with Gasteiger partial charge in [0.2, 0.25) is 5.91 Å². The Bertz CT molecular complexity index is 547. The van der Waals surface area contributed by atoms with Gasteiger partial charge in [-0.3, -0.25) is 9.59 Å². The summed E-state index contributed by atoms with van der Waals surface area (Å²) in [5, 5.41) is 0. The molecule has 1 heterocycles. The Hall–Kier alpha value is -2.08. The van der Waals surface area contributed by atoms with E-state index in [1.54, 1.807) is 30.2 Å². The Morgan fingerprint density at radius 1 is 1.30 bits per heavy atom. The lowest BCUT2D eigenvalue weighted by atomic mass is 9.98. The second kappa shape index (κ2) is 8.53. The number of hydrogen-bond donors (Lipinski definition) is 1. The molecule has 2 N–H and O–H groups in total. The molecule has 1 aromatic carbocycles. The molecular weight excluding hydrogens is 296 g/mol. The van der Waals surface area contributed by atoms with Crippen molar-refractivity contribution in [2.24, 2.45) is 5.73 Å². The minimum absolute atomic E-state index is 0.0758. The third-order valence-corrected chi connectivity index (χ3v) is 3.96. The summed E-state index contributed by atoms with van der Waals surface area (Å²) in [6, 6.07) is 6.99. The molecule has 1 fully saturated rings. The number of rotatable bonds is 7. The number of likely N-dealkylation sites (tertiary alicyclic amines) is 1. The van der Waals surface area contributed by atoms with Crippen LogP contribution >= 0.6 is 0 Å². The molecule has 1 saturated heterocycles. The monoisotopic (exact) mass is 320 g/mol. The van der Waals surface area contributed by atoms with Crippen molar-refractivity contribution in [2.45, 2.75) is 31.7 Å². The highest BCUT2D eigenvalue weighted by Crippen LogP contribution is 2.23. The van der Waals surface area contributed by atoms with Crippen LogP contribution in [0.5, 0.6) is 5.75 Å². The van der Waals surface area contributed by atoms with E-state index in [-0.39, 0.29) is 24.3 Å². The van der Waals surface area contributed by atoms with Crippen LogP contribution in [-0.2, 0) is 9.53 Å². The molecule has 0 aliphatic carbocycles. The highest BCUT2D eigenvalue weighted by molar-refractivity contribution is 5.95. The van der Waals surface area contributed by atoms with Crippen LogP contribution in [0.4, 0.5) is 0 Å². The molecule has 1 aliphatic heterocycles. The van der Waals surface area contributed by atoms with E-state index in [0.717, 1.165) is 19.3 Å². The number of piperidine rings is 1. The summed E-state index contributed by atoms with van der Waals surface area (Å²) in [6.07, 6.45) is 3.00. The van der Waals surface area contributed by atoms with Crippen molar-refractivity contribution in [1.82, 2.24) is 4.90 Å². The number of ether oxygens (including phenoxy) is 2. The number of methoxy groups -OCH3 is 1. The smallest absolute Gasteiger partial charge is 0.254 e. The molecule has 0 spiro atoms. The van der Waals surface area contributed by atoms with Crippen molar-refractivity contribution in [1.29, 1.82) is 0 Å². The molecule has 1 aromatic rings. The largest absolute Gasteiger partial charge is 0.491 e. The van der Waals surface area contributed by atoms with Gasteiger partial charge in [-0.05, 0) is 37.5 Å². The minimum atomic E-state index is -0.369. The number of carbonyl (C=O) groups excluding carboxylic acids is 2. The number of carbonyl (C=O) groups is 2. The van der Waals surface area contributed by atoms with Crippen molar-refractivity contribution < 1.29 is 19.1 Å². The average molecular weight is 320 g/mol. The van der Waals surface area contributed by atoms with E-state index in [1.165, 1.54) is 0 Å². The second-order valence-corrected chi connectivity index (χ2v) is 5.69. The van der Waals surface area contributed by atoms with Crippen LogP contribution in [-0.4, -0.2) is 49.6 Å². The van der Waals surface area contributed by atoms with Gasteiger partial charge in [-0.1, -0.05) is 6.07 Å². The zero-order valence-electron chi connectivity index (χ0n) is 13.5. The summed E-state index contributed by atoms with van der Waals surface area (Å²) in [6.45, 7) is 1.58. The van der Waals surface area contributed by atoms with E-state index < -0.39 is 0 Å². The number of hydrogen-bond acceptors (Lipinski definition) is 4. The molecule has 126 valence electrons. The summed E-state index contributed by atoms with van der Waals surface area (Å²) in [5.41, 5.74) is 5.87. The van der Waals surface area contributed by atoms with Gasteiger partial charge in [-0.15, -0.1) is 0 Å². The van der Waals surface area contributed by atoms with Crippen LogP contribution in [0.2, 0.25) is 0 Å². The van der Waals surface area contributed by atoms with Gasteiger partial charge in [0.05, 0.1) is 6.61 Å². The standard InChI is InChI=1S/C17H24N2O4/c1-22-9-10-23-15-7-4-5-13(11-15)17(21)19-8-3-2-6-14(19)12-16(18)20/h4-5,7,11,14H,2-3,6,8-10,12H2,1H3,(H2,18,20)/t14-/m0/s1. The van der Waals surface area contributed by atoms with Gasteiger partial charge in [0.15, 0.2) is 0 Å². The molecule has 2 rings (SSSR count). The fourth-order valence-corrected chi connectivity index (χ4v) is 2.84. The first-order chi connectivity index (χ1) is 11.1. The molecule has 1 aliphatic rings. The van der Waals surface area contributed by atoms with Gasteiger partial charge >= 0.3 is 0 Å². The maximum absolute atomic E-state index is 12.8. The quantitative estimate of drug-likeness (QED) is 0.773. The lowest BCUT2D eigenvalue weighted by Crippen LogP contribution is -2.45. The lowest BCUT2D eigenvalue weighted by Gasteiger charge is -2.35. The van der Waals surface area contributed by atoms with Gasteiger partial charge in [0, 0.05) is 31.7 Å². The van der Waals surface area contributed by atoms with Crippen LogP contribution < -0.4 is 10.5 Å². The van der Waals surface area contributed by atoms with E-state index in [2.05, 4.69) is 0 Å². The Morgan fingerprint density at radius 2 is 2.13 bits per heavy atom. The van der Waals surface area contributed by atoms with Crippen molar-refractivity contribution >= 4 is 11.8 Å². The maximum Gasteiger partial charge on any atom is 0.254 e. The summed E-state index contributed by atoms with van der Waals surface area (Å²) in [7, 11) is 1.61. The SMILES string of the molecule is COCCOc1cccc(C(=O)N2CCCC[C@H]2CC(N)=O)c1. The highest BCUT2D eigenvalue weighted by atomic mass is 16.5. The van der Waals surface area contributed by atoms with Crippen LogP contribution in [0.1, 0.15) is 36.0 Å². The van der Waals surface area contributed by atoms with E-state index in [9.17, 15) is 9.59 Å². The zero-order valence-corrected chi connectivity index (χ0v) is 13.5. The molecule has 0 radical (unpaired) electrons. The van der Waals surface area contributed by atoms with E-state index in [4.69, 9.17) is 15.2 Å². The first kappa shape index (κ1) is 17.3. The van der Waals surface area contributed by atoms with Crippen molar-refractivity contribution in [3.05, 3.63) is 29.8 Å². The van der Waals surface area contributed by atoms with Gasteiger partial charge in [-0.25, -0.2) is 0 Å². The molecule has 2 amide bonds. The zero-order chi connectivity index (χ0) is 16.7. The molecule has 0 unspecified atom stereocenters. The Balaban J connectivity index is 2.08. The fourth-order valence-electron chi connectivity index (χ4n) is 2.84. The normalized spacial score (nSPS) is 17.8. The third kappa shape index (κ3) is 4.96. The molecule has 6 heteroatoms. The first-order valence-electron chi connectivity index (χ1n) is 7.93. The number of nitrogens with zero attached hydrogens (tertiary/aromatic N) is 1. The van der Waals surface area contributed by atoms with Gasteiger partial charge < -0.3 is 20.1 Å². The highest BCUT2D eigenvalue weighted by Gasteiger charge is 2.28. The molecule has 0 aromatic heterocycles. The molecule has 1 atom stereocenters. The van der Waals surface area contributed by atoms with Crippen LogP contribution in [0.25, 0.3) is 0 Å². The molecule has 0 saturated carbocycles. The number of benzene rings is 1. The first-order valence-corrected chi connectivity index (χ1v) is 7.93. The predicted molar refractivity (Wildman–Crippen MR) is 86.3 cm³/mol. The Labute approximate surface area is 136 Å². The second-order valence-electron chi connectivity index (χ2n) is 5.69. The number of primary amides is 1. The summed E-state index contributed by atoms with van der Waals surface area (Å²) < 4.78 is 10.5. The maximum atomic E-state index is 12.8. The summed E-state index contributed by atoms with van der Waals surface area (Å²) >= 11 is 0. The average Bonchev–Trinajstić information content (AvgIpc) is 2.55. The van der Waals surface area contributed by atoms with Crippen molar-refractivity contribution in [2.75, 3.05) is 26.9 Å². The van der Waals surface area contributed by atoms with E-state index in [0.29, 0.717) is 31.1 Å². The number of nitrogens with two attached hydrogens (primary N) is 1. The Kier molecular flexibility index (Phi) is 6.40. The molecule has 0 bridgehead atoms. The van der Waals surface area contributed by atoms with Crippen LogP contribution in [0.3, 0.4) is 0 Å². The van der Waals surface area contributed by atoms with Gasteiger partial charge in [0.1, 0.15) is 12.4 Å². The fraction of sp³-hybridized carbons (Fsp3) is 0.529. The topological polar surface area (TPSA) is 81.9 Å². The van der Waals surface area contributed by atoms with E-state index >= 15 is 0 Å². The summed E-state index contributed by atoms with van der Waals surface area (Å²) in [4.78, 5) is 25.8. The van der Waals surface area contributed by atoms with Crippen molar-refractivity contribution in [3.63, 3.8) is 0 Å². The Morgan fingerprint density at radius 3 is 2.87 bits per heavy atom. The van der Waals surface area contributed by atoms with Crippen LogP contribution in [0, 0.1) is 0 Å². The number of amides is 2. The predicted octanol–water partition coefficient (Wildman–Crippen LogP) is 1.58. The third-order valence-electron chi connectivity index (χ3n) is 3.96. The van der Waals surface area contributed by atoms with Gasteiger partial charge in [-0.2, -0.15) is 0 Å². The van der Waals surface area contributed by atoms with Crippen LogP contribution in [0.15, 0.2) is 24.3 Å². The van der Waals surface area contributed by atoms with Gasteiger partial charge in [0.25, 0.3) is 5.91 Å². The molecular formula is C17H24N2O4.